The first-order valence-corrected chi connectivity index (χ1v) is 7.60. The average molecular weight is 276 g/mol. The molecule has 1 fully saturated rings. The van der Waals surface area contributed by atoms with E-state index in [2.05, 4.69) is 56.9 Å². The number of hydrogen-bond donors (Lipinski definition) is 1. The Morgan fingerprint density at radius 3 is 2.30 bits per heavy atom. The van der Waals surface area contributed by atoms with Crippen LogP contribution < -0.4 is 5.73 Å². The zero-order valence-electron chi connectivity index (χ0n) is 13.2. The zero-order valence-corrected chi connectivity index (χ0v) is 13.2. The highest BCUT2D eigenvalue weighted by Crippen LogP contribution is 2.30. The lowest BCUT2D eigenvalue weighted by Crippen LogP contribution is -2.55. The van der Waals surface area contributed by atoms with Gasteiger partial charge in [-0.15, -0.1) is 0 Å². The van der Waals surface area contributed by atoms with Gasteiger partial charge in [0.2, 0.25) is 0 Å². The van der Waals surface area contributed by atoms with Crippen LogP contribution in [0.15, 0.2) is 24.3 Å². The summed E-state index contributed by atoms with van der Waals surface area (Å²) in [5.41, 5.74) is 8.81. The van der Waals surface area contributed by atoms with Crippen LogP contribution in [-0.4, -0.2) is 36.7 Å². The summed E-state index contributed by atoms with van der Waals surface area (Å²) in [5, 5.41) is 0. The van der Waals surface area contributed by atoms with E-state index in [1.165, 1.54) is 11.1 Å². The predicted octanol–water partition coefficient (Wildman–Crippen LogP) is 2.92. The molecule has 1 aliphatic rings. The van der Waals surface area contributed by atoms with Crippen LogP contribution in [0.4, 0.5) is 0 Å². The largest absolute Gasteiger partial charge is 0.378 e. The standard InChI is InChI=1S/C17H28N2O/c1-13(2)14-5-7-15(8-6-14)16(11-18)19-9-10-20-12-17(19,3)4/h5-8,13,16H,9-12,18H2,1-4H3. The maximum Gasteiger partial charge on any atom is 0.0645 e. The van der Waals surface area contributed by atoms with Crippen LogP contribution >= 0.6 is 0 Å². The second-order valence-electron chi connectivity index (χ2n) is 6.63. The van der Waals surface area contributed by atoms with Gasteiger partial charge in [0, 0.05) is 24.7 Å². The van der Waals surface area contributed by atoms with Gasteiger partial charge in [-0.05, 0) is 30.9 Å². The number of morpholine rings is 1. The Balaban J connectivity index is 2.22. The molecule has 1 unspecified atom stereocenters. The average Bonchev–Trinajstić information content (AvgIpc) is 2.42. The maximum atomic E-state index is 6.07. The quantitative estimate of drug-likeness (QED) is 0.919. The van der Waals surface area contributed by atoms with Crippen LogP contribution in [0.2, 0.25) is 0 Å². The van der Waals surface area contributed by atoms with Gasteiger partial charge in [-0.25, -0.2) is 0 Å². The number of rotatable bonds is 4. The second-order valence-corrected chi connectivity index (χ2v) is 6.63. The first-order valence-electron chi connectivity index (χ1n) is 7.60. The molecule has 1 heterocycles. The minimum Gasteiger partial charge on any atom is -0.378 e. The third-order valence-electron chi connectivity index (χ3n) is 4.30. The van der Waals surface area contributed by atoms with Gasteiger partial charge in [0.25, 0.3) is 0 Å². The Kier molecular flexibility index (Phi) is 4.84. The first-order chi connectivity index (χ1) is 9.45. The molecular weight excluding hydrogens is 248 g/mol. The van der Waals surface area contributed by atoms with Crippen LogP contribution in [0.5, 0.6) is 0 Å². The van der Waals surface area contributed by atoms with Gasteiger partial charge in [0.15, 0.2) is 0 Å². The molecular formula is C17H28N2O. The van der Waals surface area contributed by atoms with Crippen molar-refractivity contribution in [1.82, 2.24) is 4.90 Å². The number of nitrogens with zero attached hydrogens (tertiary/aromatic N) is 1. The minimum atomic E-state index is 0.0407. The van der Waals surface area contributed by atoms with Crippen molar-refractivity contribution in [2.24, 2.45) is 5.73 Å². The molecule has 1 atom stereocenters. The summed E-state index contributed by atoms with van der Waals surface area (Å²) in [6.07, 6.45) is 0. The molecule has 3 heteroatoms. The first kappa shape index (κ1) is 15.5. The molecule has 2 rings (SSSR count). The molecule has 0 amide bonds. The normalized spacial score (nSPS) is 21.1. The van der Waals surface area contributed by atoms with Crippen molar-refractivity contribution in [2.75, 3.05) is 26.3 Å². The maximum absolute atomic E-state index is 6.07. The number of nitrogens with two attached hydrogens (primary N) is 1. The van der Waals surface area contributed by atoms with Crippen LogP contribution in [0.3, 0.4) is 0 Å². The molecule has 0 aromatic heterocycles. The van der Waals surface area contributed by atoms with Crippen molar-refractivity contribution < 1.29 is 4.74 Å². The fraction of sp³-hybridized carbons (Fsp3) is 0.647. The van der Waals surface area contributed by atoms with Crippen LogP contribution in [-0.2, 0) is 4.74 Å². The zero-order chi connectivity index (χ0) is 14.8. The van der Waals surface area contributed by atoms with E-state index >= 15 is 0 Å². The van der Waals surface area contributed by atoms with Gasteiger partial charge in [-0.2, -0.15) is 0 Å². The van der Waals surface area contributed by atoms with Crippen LogP contribution in [0.25, 0.3) is 0 Å². The highest BCUT2D eigenvalue weighted by molar-refractivity contribution is 5.27. The summed E-state index contributed by atoms with van der Waals surface area (Å²) in [4.78, 5) is 2.49. The Hall–Kier alpha value is -0.900. The van der Waals surface area contributed by atoms with Gasteiger partial charge >= 0.3 is 0 Å². The van der Waals surface area contributed by atoms with Crippen molar-refractivity contribution in [3.8, 4) is 0 Å². The van der Waals surface area contributed by atoms with Crippen molar-refractivity contribution in [3.63, 3.8) is 0 Å². The molecule has 0 spiro atoms. The summed E-state index contributed by atoms with van der Waals surface area (Å²) in [7, 11) is 0. The topological polar surface area (TPSA) is 38.5 Å². The molecule has 1 aromatic rings. The van der Waals surface area contributed by atoms with E-state index in [-0.39, 0.29) is 11.6 Å². The minimum absolute atomic E-state index is 0.0407. The van der Waals surface area contributed by atoms with Gasteiger partial charge in [-0.1, -0.05) is 38.1 Å². The Morgan fingerprint density at radius 1 is 1.20 bits per heavy atom. The van der Waals surface area contributed by atoms with Crippen molar-refractivity contribution in [1.29, 1.82) is 0 Å². The summed E-state index contributed by atoms with van der Waals surface area (Å²) in [5.74, 6) is 0.570. The third-order valence-corrected chi connectivity index (χ3v) is 4.30. The van der Waals surface area contributed by atoms with Gasteiger partial charge in [-0.3, -0.25) is 4.90 Å². The molecule has 2 N–H and O–H groups in total. The van der Waals surface area contributed by atoms with Crippen molar-refractivity contribution in [3.05, 3.63) is 35.4 Å². The molecule has 0 bridgehead atoms. The summed E-state index contributed by atoms with van der Waals surface area (Å²) >= 11 is 0. The molecule has 0 radical (unpaired) electrons. The smallest absolute Gasteiger partial charge is 0.0645 e. The molecule has 1 aliphatic heterocycles. The summed E-state index contributed by atoms with van der Waals surface area (Å²) < 4.78 is 5.61. The highest BCUT2D eigenvalue weighted by atomic mass is 16.5. The van der Waals surface area contributed by atoms with E-state index in [0.717, 1.165) is 19.8 Å². The predicted molar refractivity (Wildman–Crippen MR) is 83.9 cm³/mol. The van der Waals surface area contributed by atoms with Crippen molar-refractivity contribution in [2.45, 2.75) is 45.2 Å². The highest BCUT2D eigenvalue weighted by Gasteiger charge is 2.35. The van der Waals surface area contributed by atoms with Gasteiger partial charge in [0.1, 0.15) is 0 Å². The van der Waals surface area contributed by atoms with Crippen LogP contribution in [0.1, 0.15) is 50.8 Å². The molecule has 3 nitrogen and oxygen atoms in total. The lowest BCUT2D eigenvalue weighted by Gasteiger charge is -2.46. The van der Waals surface area contributed by atoms with E-state index < -0.39 is 0 Å². The SMILES string of the molecule is CC(C)c1ccc(C(CN)N2CCOCC2(C)C)cc1. The van der Waals surface area contributed by atoms with E-state index in [0.29, 0.717) is 12.5 Å². The van der Waals surface area contributed by atoms with E-state index in [4.69, 9.17) is 10.5 Å². The lowest BCUT2D eigenvalue weighted by molar-refractivity contribution is -0.0712. The number of ether oxygens (including phenoxy) is 1. The fourth-order valence-electron chi connectivity index (χ4n) is 2.99. The summed E-state index contributed by atoms with van der Waals surface area (Å²) in [6, 6.07) is 9.21. The molecule has 1 aromatic carbocycles. The Labute approximate surface area is 123 Å². The Morgan fingerprint density at radius 2 is 1.80 bits per heavy atom. The van der Waals surface area contributed by atoms with Gasteiger partial charge in [0.05, 0.1) is 13.2 Å². The number of benzene rings is 1. The molecule has 112 valence electrons. The Bertz CT molecular complexity index is 425. The van der Waals surface area contributed by atoms with Crippen LogP contribution in [0, 0.1) is 0 Å². The fourth-order valence-corrected chi connectivity index (χ4v) is 2.99. The van der Waals surface area contributed by atoms with E-state index in [1.54, 1.807) is 0 Å². The molecule has 20 heavy (non-hydrogen) atoms. The lowest BCUT2D eigenvalue weighted by atomic mass is 9.94. The monoisotopic (exact) mass is 276 g/mol. The second kappa shape index (κ2) is 6.25. The summed E-state index contributed by atoms with van der Waals surface area (Å²) in [6.45, 7) is 12.1. The molecule has 1 saturated heterocycles. The third kappa shape index (κ3) is 3.22. The molecule has 0 saturated carbocycles. The number of hydrogen-bond acceptors (Lipinski definition) is 3. The van der Waals surface area contributed by atoms with E-state index in [9.17, 15) is 0 Å². The van der Waals surface area contributed by atoms with Gasteiger partial charge < -0.3 is 10.5 Å². The van der Waals surface area contributed by atoms with Crippen molar-refractivity contribution >= 4 is 0 Å². The van der Waals surface area contributed by atoms with E-state index in [1.807, 2.05) is 0 Å². The molecule has 0 aliphatic carbocycles.